The molecule has 1 N–H and O–H groups in total. The van der Waals surface area contributed by atoms with Crippen LogP contribution in [0.3, 0.4) is 0 Å². The van der Waals surface area contributed by atoms with Crippen molar-refractivity contribution in [2.24, 2.45) is 10.1 Å². The highest BCUT2D eigenvalue weighted by atomic mass is 32.2. The van der Waals surface area contributed by atoms with Gasteiger partial charge in [0.1, 0.15) is 5.84 Å². The Kier molecular flexibility index (Phi) is 6.72. The van der Waals surface area contributed by atoms with Gasteiger partial charge in [0, 0.05) is 23.5 Å². The summed E-state index contributed by atoms with van der Waals surface area (Å²) in [6.45, 7) is 0.846. The molecule has 35 heavy (non-hydrogen) atoms. The second kappa shape index (κ2) is 10.2. The smallest absolute Gasteiger partial charge is 0.299 e. The van der Waals surface area contributed by atoms with E-state index in [9.17, 15) is 4.79 Å². The largest absolute Gasteiger partial charge is 0.493 e. The van der Waals surface area contributed by atoms with Crippen LogP contribution in [0, 0.1) is 0 Å². The van der Waals surface area contributed by atoms with E-state index in [0.29, 0.717) is 17.3 Å². The van der Waals surface area contributed by atoms with Crippen molar-refractivity contribution in [3.8, 4) is 11.5 Å². The number of fused-ring (bicyclic) bond motifs is 1. The van der Waals surface area contributed by atoms with Crippen LogP contribution < -0.4 is 19.8 Å². The average molecular weight is 487 g/mol. The number of carbonyl (C=O) groups is 1. The number of benzene rings is 3. The number of hydrazone groups is 1. The Morgan fingerprint density at radius 3 is 2.60 bits per heavy atom. The molecule has 1 amide bonds. The third-order valence-electron chi connectivity index (χ3n) is 6.04. The van der Waals surface area contributed by atoms with Gasteiger partial charge < -0.3 is 14.4 Å². The van der Waals surface area contributed by atoms with Crippen LogP contribution in [0.25, 0.3) is 0 Å². The third-order valence-corrected chi connectivity index (χ3v) is 6.81. The lowest BCUT2D eigenvalue weighted by molar-refractivity contribution is 0.261. The molecule has 0 aromatic heterocycles. The zero-order chi connectivity index (χ0) is 24.2. The van der Waals surface area contributed by atoms with Crippen molar-refractivity contribution in [2.75, 3.05) is 31.4 Å². The highest BCUT2D eigenvalue weighted by molar-refractivity contribution is 8.14. The number of hydrogen-bond acceptors (Lipinski definition) is 6. The molecule has 2 aliphatic heterocycles. The molecule has 8 heteroatoms. The highest BCUT2D eigenvalue weighted by Gasteiger charge is 2.25. The maximum absolute atomic E-state index is 11.5. The van der Waals surface area contributed by atoms with Crippen LogP contribution in [0.15, 0.2) is 76.8 Å². The summed E-state index contributed by atoms with van der Waals surface area (Å²) in [6.07, 6.45) is 1.96. The van der Waals surface area contributed by atoms with Gasteiger partial charge in [0.05, 0.1) is 25.6 Å². The SMILES string of the molecule is COc1ccc(/C(=N/c2ccccc2)N2CCCc3cc(C4=NNC(=O)SC4)ccc32)cc1OC. The molecule has 7 nitrogen and oxygen atoms in total. The number of ether oxygens (including phenoxy) is 2. The number of anilines is 1. The second-order valence-corrected chi connectivity index (χ2v) is 9.13. The molecule has 3 aromatic rings. The molecule has 0 spiro atoms. The molecule has 2 aliphatic rings. The molecule has 2 heterocycles. The Labute approximate surface area is 208 Å². The number of hydrogen-bond donors (Lipinski definition) is 1. The van der Waals surface area contributed by atoms with Crippen molar-refractivity contribution in [3.05, 3.63) is 83.4 Å². The van der Waals surface area contributed by atoms with Crippen LogP contribution in [-0.4, -0.2) is 43.3 Å². The first kappa shape index (κ1) is 23.0. The van der Waals surface area contributed by atoms with Crippen molar-refractivity contribution >= 4 is 39.9 Å². The fourth-order valence-corrected chi connectivity index (χ4v) is 4.95. The van der Waals surface area contributed by atoms with Gasteiger partial charge in [-0.05, 0) is 66.4 Å². The molecule has 0 fully saturated rings. The third kappa shape index (κ3) is 4.88. The lowest BCUT2D eigenvalue weighted by Crippen LogP contribution is -2.36. The van der Waals surface area contributed by atoms with E-state index in [1.54, 1.807) is 14.2 Å². The predicted molar refractivity (Wildman–Crippen MR) is 142 cm³/mol. The van der Waals surface area contributed by atoms with Gasteiger partial charge in [-0.25, -0.2) is 10.4 Å². The van der Waals surface area contributed by atoms with Gasteiger partial charge in [-0.2, -0.15) is 5.10 Å². The molecule has 0 saturated carbocycles. The fraction of sp³-hybridized carbons (Fsp3) is 0.222. The van der Waals surface area contributed by atoms with Crippen LogP contribution in [0.1, 0.15) is 23.1 Å². The van der Waals surface area contributed by atoms with E-state index in [0.717, 1.165) is 53.4 Å². The summed E-state index contributed by atoms with van der Waals surface area (Å²) in [7, 11) is 3.28. The van der Waals surface area contributed by atoms with Crippen molar-refractivity contribution < 1.29 is 14.3 Å². The Morgan fingerprint density at radius 2 is 1.86 bits per heavy atom. The quantitative estimate of drug-likeness (QED) is 0.386. The van der Waals surface area contributed by atoms with Gasteiger partial charge in [-0.3, -0.25) is 4.79 Å². The van der Waals surface area contributed by atoms with Gasteiger partial charge in [0.2, 0.25) is 0 Å². The van der Waals surface area contributed by atoms with E-state index in [2.05, 4.69) is 33.6 Å². The number of amidine groups is 1. The van der Waals surface area contributed by atoms with E-state index < -0.39 is 0 Å². The minimum Gasteiger partial charge on any atom is -0.493 e. The summed E-state index contributed by atoms with van der Waals surface area (Å²) < 4.78 is 11.0. The van der Waals surface area contributed by atoms with Gasteiger partial charge >= 0.3 is 0 Å². The second-order valence-electron chi connectivity index (χ2n) is 8.19. The van der Waals surface area contributed by atoms with Crippen LogP contribution in [0.5, 0.6) is 11.5 Å². The number of nitrogens with one attached hydrogen (secondary N) is 1. The number of aliphatic imine (C=N–C) groups is 1. The molecule has 0 bridgehead atoms. The number of carbonyl (C=O) groups excluding carboxylic acids is 1. The van der Waals surface area contributed by atoms with Gasteiger partial charge in [0.25, 0.3) is 5.24 Å². The van der Waals surface area contributed by atoms with Gasteiger partial charge in [0.15, 0.2) is 11.5 Å². The number of methoxy groups -OCH3 is 2. The minimum absolute atomic E-state index is 0.116. The molecule has 0 saturated heterocycles. The maximum Gasteiger partial charge on any atom is 0.299 e. The molecular weight excluding hydrogens is 460 g/mol. The first-order valence-corrected chi connectivity index (χ1v) is 12.4. The molecule has 3 aromatic carbocycles. The van der Waals surface area contributed by atoms with Crippen molar-refractivity contribution in [1.29, 1.82) is 0 Å². The van der Waals surface area contributed by atoms with E-state index in [1.165, 1.54) is 17.3 Å². The molecule has 5 rings (SSSR count). The molecule has 0 atom stereocenters. The average Bonchev–Trinajstić information content (AvgIpc) is 2.92. The molecule has 0 aliphatic carbocycles. The number of para-hydroxylation sites is 1. The highest BCUT2D eigenvalue weighted by Crippen LogP contribution is 2.34. The van der Waals surface area contributed by atoms with Gasteiger partial charge in [-0.15, -0.1) is 0 Å². The predicted octanol–water partition coefficient (Wildman–Crippen LogP) is 5.40. The number of amides is 1. The standard InChI is InChI=1S/C27H26N4O3S/c1-33-24-13-11-20(16-25(24)34-2)26(28-21-8-4-3-5-9-21)31-14-6-7-19-15-18(10-12-23(19)31)22-17-35-27(32)30-29-22/h3-5,8-13,15-16H,6-7,14,17H2,1-2H3,(H,30,32)/b28-26-. The van der Waals surface area contributed by atoms with Crippen LogP contribution in [0.2, 0.25) is 0 Å². The molecule has 178 valence electrons. The monoisotopic (exact) mass is 486 g/mol. The lowest BCUT2D eigenvalue weighted by atomic mass is 9.97. The van der Waals surface area contributed by atoms with Crippen LogP contribution in [-0.2, 0) is 6.42 Å². The zero-order valence-electron chi connectivity index (χ0n) is 19.7. The molecule has 0 radical (unpaired) electrons. The lowest BCUT2D eigenvalue weighted by Gasteiger charge is -2.33. The van der Waals surface area contributed by atoms with E-state index in [1.807, 2.05) is 48.5 Å². The Morgan fingerprint density at radius 1 is 1.03 bits per heavy atom. The Balaban J connectivity index is 1.58. The van der Waals surface area contributed by atoms with E-state index in [4.69, 9.17) is 14.5 Å². The summed E-state index contributed by atoms with van der Waals surface area (Å²) in [6, 6.07) is 22.3. The maximum atomic E-state index is 11.5. The number of nitrogens with zero attached hydrogens (tertiary/aromatic N) is 3. The Bertz CT molecular complexity index is 1310. The topological polar surface area (TPSA) is 75.5 Å². The number of aryl methyl sites for hydroxylation is 1. The first-order chi connectivity index (χ1) is 17.2. The van der Waals surface area contributed by atoms with Crippen molar-refractivity contribution in [2.45, 2.75) is 12.8 Å². The summed E-state index contributed by atoms with van der Waals surface area (Å²) in [5, 5.41) is 4.14. The van der Waals surface area contributed by atoms with Gasteiger partial charge in [-0.1, -0.05) is 36.0 Å². The van der Waals surface area contributed by atoms with E-state index >= 15 is 0 Å². The van der Waals surface area contributed by atoms with Crippen molar-refractivity contribution in [3.63, 3.8) is 0 Å². The summed E-state index contributed by atoms with van der Waals surface area (Å²) in [5.41, 5.74) is 8.66. The number of rotatable bonds is 5. The normalized spacial score (nSPS) is 15.7. The zero-order valence-corrected chi connectivity index (χ0v) is 20.5. The Hall–Kier alpha value is -3.78. The van der Waals surface area contributed by atoms with E-state index in [-0.39, 0.29) is 5.24 Å². The minimum atomic E-state index is -0.116. The molecule has 0 unspecified atom stereocenters. The van der Waals surface area contributed by atoms with Crippen molar-refractivity contribution in [1.82, 2.24) is 5.43 Å². The van der Waals surface area contributed by atoms with Crippen LogP contribution in [0.4, 0.5) is 16.2 Å². The fourth-order valence-electron chi connectivity index (χ4n) is 4.34. The first-order valence-electron chi connectivity index (χ1n) is 11.4. The molecular formula is C27H26N4O3S. The van der Waals surface area contributed by atoms with Crippen LogP contribution >= 0.6 is 11.8 Å². The summed E-state index contributed by atoms with van der Waals surface area (Å²) in [5.74, 6) is 2.76. The summed E-state index contributed by atoms with van der Waals surface area (Å²) in [4.78, 5) is 18.8. The number of thioether (sulfide) groups is 1. The summed E-state index contributed by atoms with van der Waals surface area (Å²) >= 11 is 1.24.